The van der Waals surface area contributed by atoms with Gasteiger partial charge in [0.05, 0.1) is 12.3 Å². The van der Waals surface area contributed by atoms with Crippen molar-refractivity contribution in [3.63, 3.8) is 0 Å². The molecule has 0 unspecified atom stereocenters. The second-order valence-electron chi connectivity index (χ2n) is 4.79. The summed E-state index contributed by atoms with van der Waals surface area (Å²) in [5.74, 6) is 0. The largest absolute Gasteiger partial charge is 0.380 e. The van der Waals surface area contributed by atoms with Crippen molar-refractivity contribution in [1.82, 2.24) is 15.2 Å². The molecule has 0 bridgehead atoms. The molecule has 0 amide bonds. The van der Waals surface area contributed by atoms with Gasteiger partial charge < -0.3 is 10.1 Å². The fourth-order valence-corrected chi connectivity index (χ4v) is 2.93. The number of thiazole rings is 1. The number of rotatable bonds is 7. The second kappa shape index (κ2) is 7.75. The Morgan fingerprint density at radius 2 is 2.42 bits per heavy atom. The van der Waals surface area contributed by atoms with Crippen molar-refractivity contribution in [2.24, 2.45) is 0 Å². The monoisotopic (exact) mass is 281 g/mol. The highest BCUT2D eigenvalue weighted by Crippen LogP contribution is 2.16. The zero-order valence-electron chi connectivity index (χ0n) is 11.8. The van der Waals surface area contributed by atoms with E-state index in [0.29, 0.717) is 0 Å². The van der Waals surface area contributed by atoms with Crippen molar-refractivity contribution in [2.75, 3.05) is 33.4 Å². The quantitative estimate of drug-likeness (QED) is 0.776. The Hall–Kier alpha value is -0.750. The minimum Gasteiger partial charge on any atom is -0.380 e. The molecule has 0 aromatic carbocycles. The lowest BCUT2D eigenvalue weighted by atomic mass is 10.1. The fraction of sp³-hybridized carbons (Fsp3) is 0.643. The number of hydrogen-bond acceptors (Lipinski definition) is 5. The van der Waals surface area contributed by atoms with Crippen LogP contribution in [0.5, 0.6) is 0 Å². The third-order valence-corrected chi connectivity index (χ3v) is 4.13. The fourth-order valence-electron chi connectivity index (χ4n) is 2.18. The molecule has 1 N–H and O–H groups in total. The van der Waals surface area contributed by atoms with Crippen LogP contribution in [0.4, 0.5) is 0 Å². The summed E-state index contributed by atoms with van der Waals surface area (Å²) in [7, 11) is 1.76. The second-order valence-corrected chi connectivity index (χ2v) is 5.74. The summed E-state index contributed by atoms with van der Waals surface area (Å²) in [5, 5.41) is 6.68. The number of hydrogen-bond donors (Lipinski definition) is 1. The molecule has 19 heavy (non-hydrogen) atoms. The molecule has 1 aliphatic heterocycles. The van der Waals surface area contributed by atoms with E-state index in [0.717, 1.165) is 45.8 Å². The summed E-state index contributed by atoms with van der Waals surface area (Å²) in [5.41, 5.74) is 2.62. The van der Waals surface area contributed by atoms with Gasteiger partial charge in [0.15, 0.2) is 0 Å². The highest BCUT2D eigenvalue weighted by molar-refractivity contribution is 7.09. The van der Waals surface area contributed by atoms with E-state index in [2.05, 4.69) is 33.6 Å². The Balaban J connectivity index is 1.80. The van der Waals surface area contributed by atoms with E-state index in [1.807, 2.05) is 0 Å². The highest BCUT2D eigenvalue weighted by Gasteiger charge is 2.13. The van der Waals surface area contributed by atoms with Gasteiger partial charge in [-0.2, -0.15) is 0 Å². The number of nitrogens with one attached hydrogen (secondary N) is 1. The Bertz CT molecular complexity index is 417. The van der Waals surface area contributed by atoms with E-state index in [4.69, 9.17) is 4.74 Å². The van der Waals surface area contributed by atoms with Gasteiger partial charge in [-0.15, -0.1) is 11.3 Å². The summed E-state index contributed by atoms with van der Waals surface area (Å²) >= 11 is 1.75. The first-order valence-corrected chi connectivity index (χ1v) is 7.73. The topological polar surface area (TPSA) is 37.4 Å². The van der Waals surface area contributed by atoms with Crippen LogP contribution < -0.4 is 5.32 Å². The van der Waals surface area contributed by atoms with Gasteiger partial charge >= 0.3 is 0 Å². The molecular formula is C14H23N3OS. The molecule has 2 rings (SSSR count). The minimum atomic E-state index is 0.775. The summed E-state index contributed by atoms with van der Waals surface area (Å²) in [6.45, 7) is 7.85. The van der Waals surface area contributed by atoms with Crippen molar-refractivity contribution in [2.45, 2.75) is 26.4 Å². The highest BCUT2D eigenvalue weighted by atomic mass is 32.1. The molecule has 1 aliphatic rings. The van der Waals surface area contributed by atoms with Gasteiger partial charge in [0.25, 0.3) is 0 Å². The summed E-state index contributed by atoms with van der Waals surface area (Å²) in [4.78, 5) is 7.10. The van der Waals surface area contributed by atoms with Gasteiger partial charge in [-0.3, -0.25) is 4.90 Å². The van der Waals surface area contributed by atoms with Gasteiger partial charge in [-0.05, 0) is 18.5 Å². The lowest BCUT2D eigenvalue weighted by molar-refractivity contribution is 0.210. The predicted molar refractivity (Wildman–Crippen MR) is 79.3 cm³/mol. The predicted octanol–water partition coefficient (Wildman–Crippen LogP) is 2.03. The van der Waals surface area contributed by atoms with Crippen LogP contribution >= 0.6 is 11.3 Å². The number of ether oxygens (including phenoxy) is 1. The van der Waals surface area contributed by atoms with E-state index in [1.54, 1.807) is 18.4 Å². The summed E-state index contributed by atoms with van der Waals surface area (Å²) < 4.78 is 5.17. The first-order valence-electron chi connectivity index (χ1n) is 6.85. The molecule has 106 valence electrons. The van der Waals surface area contributed by atoms with Crippen molar-refractivity contribution >= 4 is 11.3 Å². The SMILES string of the molecule is CCNCc1nc(CN2CC=C(COC)CC2)cs1. The number of methoxy groups -OCH3 is 1. The van der Waals surface area contributed by atoms with E-state index in [1.165, 1.54) is 16.3 Å². The maximum absolute atomic E-state index is 5.17. The maximum atomic E-state index is 5.17. The average Bonchev–Trinajstić information content (AvgIpc) is 2.87. The zero-order valence-corrected chi connectivity index (χ0v) is 12.6. The van der Waals surface area contributed by atoms with Gasteiger partial charge in [0.1, 0.15) is 5.01 Å². The maximum Gasteiger partial charge on any atom is 0.107 e. The van der Waals surface area contributed by atoms with Crippen LogP contribution in [0.15, 0.2) is 17.0 Å². The first-order chi connectivity index (χ1) is 9.31. The molecule has 4 nitrogen and oxygen atoms in total. The van der Waals surface area contributed by atoms with E-state index >= 15 is 0 Å². The Labute approximate surface area is 119 Å². The van der Waals surface area contributed by atoms with Crippen molar-refractivity contribution in [1.29, 1.82) is 0 Å². The smallest absolute Gasteiger partial charge is 0.107 e. The summed E-state index contributed by atoms with van der Waals surface area (Å²) in [6, 6.07) is 0. The van der Waals surface area contributed by atoms with Crippen molar-refractivity contribution in [3.05, 3.63) is 27.7 Å². The van der Waals surface area contributed by atoms with E-state index in [-0.39, 0.29) is 0 Å². The van der Waals surface area contributed by atoms with Crippen LogP contribution in [0.3, 0.4) is 0 Å². The van der Waals surface area contributed by atoms with Crippen LogP contribution in [0.2, 0.25) is 0 Å². The lowest BCUT2D eigenvalue weighted by Gasteiger charge is -2.25. The lowest BCUT2D eigenvalue weighted by Crippen LogP contribution is -2.29. The van der Waals surface area contributed by atoms with Gasteiger partial charge in [0.2, 0.25) is 0 Å². The molecule has 1 aromatic rings. The standard InChI is InChI=1S/C14H23N3OS/c1-3-15-8-14-16-13(11-19-14)9-17-6-4-12(5-7-17)10-18-2/h4,11,15H,3,5-10H2,1-2H3. The van der Waals surface area contributed by atoms with Crippen LogP contribution in [-0.2, 0) is 17.8 Å². The average molecular weight is 281 g/mol. The molecule has 5 heteroatoms. The molecule has 2 heterocycles. The van der Waals surface area contributed by atoms with Gasteiger partial charge in [-0.25, -0.2) is 4.98 Å². The molecule has 0 aliphatic carbocycles. The van der Waals surface area contributed by atoms with Crippen LogP contribution in [-0.4, -0.2) is 43.2 Å². The minimum absolute atomic E-state index is 0.775. The van der Waals surface area contributed by atoms with E-state index < -0.39 is 0 Å². The van der Waals surface area contributed by atoms with Crippen molar-refractivity contribution in [3.8, 4) is 0 Å². The zero-order chi connectivity index (χ0) is 13.5. The normalized spacial score (nSPS) is 16.6. The molecule has 0 atom stereocenters. The summed E-state index contributed by atoms with van der Waals surface area (Å²) in [6.07, 6.45) is 3.40. The van der Waals surface area contributed by atoms with Crippen LogP contribution in [0.1, 0.15) is 24.0 Å². The number of aromatic nitrogens is 1. The van der Waals surface area contributed by atoms with Crippen LogP contribution in [0, 0.1) is 0 Å². The molecule has 0 saturated heterocycles. The Morgan fingerprint density at radius 3 is 3.11 bits per heavy atom. The van der Waals surface area contributed by atoms with Crippen LogP contribution in [0.25, 0.3) is 0 Å². The number of nitrogens with zero attached hydrogens (tertiary/aromatic N) is 2. The molecule has 1 aromatic heterocycles. The molecule has 0 fully saturated rings. The Kier molecular flexibility index (Phi) is 5.97. The molecule has 0 spiro atoms. The van der Waals surface area contributed by atoms with Crippen molar-refractivity contribution < 1.29 is 4.74 Å². The van der Waals surface area contributed by atoms with Gasteiger partial charge in [0, 0.05) is 38.7 Å². The molecular weight excluding hydrogens is 258 g/mol. The third kappa shape index (κ3) is 4.69. The van der Waals surface area contributed by atoms with E-state index in [9.17, 15) is 0 Å². The first kappa shape index (κ1) is 14.7. The molecule has 0 saturated carbocycles. The Morgan fingerprint density at radius 1 is 1.53 bits per heavy atom. The van der Waals surface area contributed by atoms with Gasteiger partial charge in [-0.1, -0.05) is 13.0 Å². The molecule has 0 radical (unpaired) electrons. The third-order valence-electron chi connectivity index (χ3n) is 3.23.